The lowest BCUT2D eigenvalue weighted by Crippen LogP contribution is -2.29. The molecule has 0 atom stereocenters. The van der Waals surface area contributed by atoms with Crippen LogP contribution in [0.2, 0.25) is 0 Å². The van der Waals surface area contributed by atoms with Gasteiger partial charge in [-0.3, -0.25) is 14.4 Å². The lowest BCUT2D eigenvalue weighted by Gasteiger charge is -2.14. The Bertz CT molecular complexity index is 876. The fraction of sp³-hybridized carbons (Fsp3) is 0.250. The third-order valence-electron chi connectivity index (χ3n) is 4.15. The zero-order valence-electron chi connectivity index (χ0n) is 15.2. The van der Waals surface area contributed by atoms with E-state index in [-0.39, 0.29) is 17.0 Å². The molecule has 0 radical (unpaired) electrons. The molecule has 0 unspecified atom stereocenters. The van der Waals surface area contributed by atoms with E-state index in [1.54, 1.807) is 31.4 Å². The maximum Gasteiger partial charge on any atom is 0.266 e. The summed E-state index contributed by atoms with van der Waals surface area (Å²) in [5.41, 5.74) is 1.27. The highest BCUT2D eigenvalue weighted by Crippen LogP contribution is 2.30. The molecule has 0 saturated heterocycles. The molecule has 3 rings (SSSR count). The summed E-state index contributed by atoms with van der Waals surface area (Å²) < 4.78 is 10.3. The van der Waals surface area contributed by atoms with Crippen molar-refractivity contribution in [1.29, 1.82) is 0 Å². The van der Waals surface area contributed by atoms with Crippen molar-refractivity contribution in [1.82, 2.24) is 5.32 Å². The number of fused-ring (bicyclic) bond motifs is 1. The monoisotopic (exact) mass is 368 g/mol. The Balaban J connectivity index is 1.83. The summed E-state index contributed by atoms with van der Waals surface area (Å²) in [6.07, 6.45) is 0. The largest absolute Gasteiger partial charge is 0.494 e. The highest BCUT2D eigenvalue weighted by molar-refractivity contribution is 6.34. The van der Waals surface area contributed by atoms with E-state index in [0.29, 0.717) is 36.8 Å². The van der Waals surface area contributed by atoms with Gasteiger partial charge in [0.05, 0.1) is 30.0 Å². The molecule has 2 aromatic carbocycles. The van der Waals surface area contributed by atoms with Crippen molar-refractivity contribution in [3.05, 3.63) is 59.2 Å². The number of benzene rings is 2. The SMILES string of the molecule is CCOc1ccc(N2C(=O)c3ccc(C(=O)NCCOC)cc3C2=O)cc1. The summed E-state index contributed by atoms with van der Waals surface area (Å²) in [6, 6.07) is 11.2. The maximum atomic E-state index is 12.8. The standard InChI is InChI=1S/C20H20N2O5/c1-3-27-15-7-5-14(6-8-15)22-19(24)16-9-4-13(12-17(16)20(22)25)18(23)21-10-11-26-2/h4-9,12H,3,10-11H2,1-2H3,(H,21,23). The summed E-state index contributed by atoms with van der Waals surface area (Å²) in [5, 5.41) is 2.69. The van der Waals surface area contributed by atoms with Gasteiger partial charge in [0, 0.05) is 19.2 Å². The first-order valence-corrected chi connectivity index (χ1v) is 8.59. The van der Waals surface area contributed by atoms with Crippen LogP contribution in [-0.2, 0) is 4.74 Å². The van der Waals surface area contributed by atoms with Crippen LogP contribution < -0.4 is 15.0 Å². The first kappa shape index (κ1) is 18.6. The molecule has 1 aliphatic heterocycles. The normalized spacial score (nSPS) is 12.9. The summed E-state index contributed by atoms with van der Waals surface area (Å²) >= 11 is 0. The van der Waals surface area contributed by atoms with Crippen molar-refractivity contribution < 1.29 is 23.9 Å². The van der Waals surface area contributed by atoms with Gasteiger partial charge in [-0.15, -0.1) is 0 Å². The van der Waals surface area contributed by atoms with E-state index in [0.717, 1.165) is 4.90 Å². The highest BCUT2D eigenvalue weighted by atomic mass is 16.5. The average Bonchev–Trinajstić information content (AvgIpc) is 2.93. The topological polar surface area (TPSA) is 84.9 Å². The van der Waals surface area contributed by atoms with E-state index >= 15 is 0 Å². The van der Waals surface area contributed by atoms with E-state index in [4.69, 9.17) is 9.47 Å². The van der Waals surface area contributed by atoms with Gasteiger partial charge in [0.25, 0.3) is 17.7 Å². The van der Waals surface area contributed by atoms with Crippen molar-refractivity contribution in [2.45, 2.75) is 6.92 Å². The zero-order valence-corrected chi connectivity index (χ0v) is 15.2. The van der Waals surface area contributed by atoms with Gasteiger partial charge in [-0.05, 0) is 49.4 Å². The molecule has 0 bridgehead atoms. The van der Waals surface area contributed by atoms with E-state index in [1.807, 2.05) is 6.92 Å². The molecule has 0 aromatic heterocycles. The second-order valence-electron chi connectivity index (χ2n) is 5.88. The molecule has 1 aliphatic rings. The summed E-state index contributed by atoms with van der Waals surface area (Å²) in [4.78, 5) is 38.7. The molecule has 2 aromatic rings. The van der Waals surface area contributed by atoms with Crippen molar-refractivity contribution in [3.63, 3.8) is 0 Å². The molecule has 0 aliphatic carbocycles. The van der Waals surface area contributed by atoms with E-state index in [2.05, 4.69) is 5.32 Å². The Hall–Kier alpha value is -3.19. The molecule has 7 nitrogen and oxygen atoms in total. The Kier molecular flexibility index (Phi) is 5.52. The average molecular weight is 368 g/mol. The third kappa shape index (κ3) is 3.68. The maximum absolute atomic E-state index is 12.8. The minimum atomic E-state index is -0.453. The van der Waals surface area contributed by atoms with E-state index < -0.39 is 11.8 Å². The number of rotatable bonds is 7. The minimum absolute atomic E-state index is 0.216. The number of imide groups is 1. The van der Waals surface area contributed by atoms with Gasteiger partial charge >= 0.3 is 0 Å². The molecular formula is C20H20N2O5. The number of carbonyl (C=O) groups excluding carboxylic acids is 3. The Morgan fingerprint density at radius 1 is 1.04 bits per heavy atom. The van der Waals surface area contributed by atoms with Crippen LogP contribution in [-0.4, -0.2) is 44.6 Å². The van der Waals surface area contributed by atoms with Crippen LogP contribution in [0.25, 0.3) is 0 Å². The van der Waals surface area contributed by atoms with Crippen molar-refractivity contribution in [2.75, 3.05) is 31.8 Å². The molecule has 3 amide bonds. The summed E-state index contributed by atoms with van der Waals surface area (Å²) in [5.74, 6) is -0.529. The Morgan fingerprint density at radius 2 is 1.74 bits per heavy atom. The number of amides is 3. The minimum Gasteiger partial charge on any atom is -0.494 e. The Labute approximate surface area is 156 Å². The molecule has 0 spiro atoms. The summed E-state index contributed by atoms with van der Waals surface area (Å²) in [7, 11) is 1.54. The fourth-order valence-corrected chi connectivity index (χ4v) is 2.84. The second kappa shape index (κ2) is 8.01. The van der Waals surface area contributed by atoms with Crippen LogP contribution in [0, 0.1) is 0 Å². The number of nitrogens with one attached hydrogen (secondary N) is 1. The van der Waals surface area contributed by atoms with Gasteiger partial charge in [-0.2, -0.15) is 0 Å². The lowest BCUT2D eigenvalue weighted by atomic mass is 10.1. The van der Waals surface area contributed by atoms with E-state index in [1.165, 1.54) is 18.2 Å². The van der Waals surface area contributed by atoms with Gasteiger partial charge in [-0.25, -0.2) is 4.90 Å². The van der Waals surface area contributed by atoms with Crippen molar-refractivity contribution in [2.24, 2.45) is 0 Å². The van der Waals surface area contributed by atoms with Crippen molar-refractivity contribution in [3.8, 4) is 5.75 Å². The number of methoxy groups -OCH3 is 1. The zero-order chi connectivity index (χ0) is 19.4. The first-order valence-electron chi connectivity index (χ1n) is 8.59. The van der Waals surface area contributed by atoms with Crippen LogP contribution in [0.15, 0.2) is 42.5 Å². The Morgan fingerprint density at radius 3 is 2.41 bits per heavy atom. The number of ether oxygens (including phenoxy) is 2. The molecular weight excluding hydrogens is 348 g/mol. The van der Waals surface area contributed by atoms with Crippen molar-refractivity contribution >= 4 is 23.4 Å². The van der Waals surface area contributed by atoms with Crippen LogP contribution in [0.3, 0.4) is 0 Å². The predicted octanol–water partition coefficient (Wildman–Crippen LogP) is 2.26. The van der Waals surface area contributed by atoms with Gasteiger partial charge in [0.1, 0.15) is 5.75 Å². The first-order chi connectivity index (χ1) is 13.1. The molecule has 140 valence electrons. The molecule has 0 fully saturated rings. The predicted molar refractivity (Wildman–Crippen MR) is 99.4 cm³/mol. The van der Waals surface area contributed by atoms with Crippen LogP contribution in [0.4, 0.5) is 5.69 Å². The molecule has 1 heterocycles. The number of hydrogen-bond acceptors (Lipinski definition) is 5. The second-order valence-corrected chi connectivity index (χ2v) is 5.88. The van der Waals surface area contributed by atoms with Crippen LogP contribution in [0.1, 0.15) is 38.0 Å². The lowest BCUT2D eigenvalue weighted by molar-refractivity contribution is 0.0921. The number of anilines is 1. The van der Waals surface area contributed by atoms with Crippen LogP contribution >= 0.6 is 0 Å². The smallest absolute Gasteiger partial charge is 0.266 e. The summed E-state index contributed by atoms with van der Waals surface area (Å²) in [6.45, 7) is 3.15. The van der Waals surface area contributed by atoms with Gasteiger partial charge in [-0.1, -0.05) is 0 Å². The van der Waals surface area contributed by atoms with Gasteiger partial charge in [0.2, 0.25) is 0 Å². The number of hydrogen-bond donors (Lipinski definition) is 1. The molecule has 7 heteroatoms. The fourth-order valence-electron chi connectivity index (χ4n) is 2.84. The molecule has 1 N–H and O–H groups in total. The van der Waals surface area contributed by atoms with Crippen LogP contribution in [0.5, 0.6) is 5.75 Å². The van der Waals surface area contributed by atoms with Gasteiger partial charge < -0.3 is 14.8 Å². The van der Waals surface area contributed by atoms with E-state index in [9.17, 15) is 14.4 Å². The quantitative estimate of drug-likeness (QED) is 0.599. The molecule has 0 saturated carbocycles. The molecule has 27 heavy (non-hydrogen) atoms. The number of carbonyl (C=O) groups is 3. The highest BCUT2D eigenvalue weighted by Gasteiger charge is 2.37. The number of nitrogens with zero attached hydrogens (tertiary/aromatic N) is 1. The third-order valence-corrected chi connectivity index (χ3v) is 4.15. The van der Waals surface area contributed by atoms with Gasteiger partial charge in [0.15, 0.2) is 0 Å².